The van der Waals surface area contributed by atoms with Crippen molar-refractivity contribution in [2.75, 3.05) is 11.9 Å². The normalized spacial score (nSPS) is 11.8. The SMILES string of the molecule is N#Cc1nc(NC(CCO)c2ccco2)ccc1Cl. The topological polar surface area (TPSA) is 82.1 Å². The molecule has 2 aromatic rings. The minimum absolute atomic E-state index is 0.0110. The van der Waals surface area contributed by atoms with E-state index in [4.69, 9.17) is 26.4 Å². The Morgan fingerprint density at radius 1 is 1.47 bits per heavy atom. The van der Waals surface area contributed by atoms with Crippen molar-refractivity contribution in [2.45, 2.75) is 12.5 Å². The van der Waals surface area contributed by atoms with Gasteiger partial charge in [0.05, 0.1) is 17.3 Å². The van der Waals surface area contributed by atoms with Gasteiger partial charge in [0.2, 0.25) is 0 Å². The van der Waals surface area contributed by atoms with E-state index in [-0.39, 0.29) is 18.3 Å². The number of nitrogens with zero attached hydrogens (tertiary/aromatic N) is 2. The zero-order chi connectivity index (χ0) is 13.7. The highest BCUT2D eigenvalue weighted by Crippen LogP contribution is 2.23. The predicted octanol–water partition coefficient (Wildman–Crippen LogP) is 2.74. The van der Waals surface area contributed by atoms with Gasteiger partial charge in [0.25, 0.3) is 0 Å². The molecule has 2 heterocycles. The van der Waals surface area contributed by atoms with Crippen LogP contribution in [0.5, 0.6) is 0 Å². The highest BCUT2D eigenvalue weighted by atomic mass is 35.5. The van der Waals surface area contributed by atoms with E-state index in [9.17, 15) is 0 Å². The molecule has 0 saturated heterocycles. The van der Waals surface area contributed by atoms with Crippen molar-refractivity contribution in [3.05, 3.63) is 47.0 Å². The number of aromatic nitrogens is 1. The lowest BCUT2D eigenvalue weighted by Crippen LogP contribution is -2.13. The second-order valence-corrected chi connectivity index (χ2v) is 4.27. The van der Waals surface area contributed by atoms with Crippen molar-refractivity contribution in [2.24, 2.45) is 0 Å². The van der Waals surface area contributed by atoms with Crippen LogP contribution in [-0.4, -0.2) is 16.7 Å². The van der Waals surface area contributed by atoms with Gasteiger partial charge < -0.3 is 14.8 Å². The molecule has 0 aromatic carbocycles. The molecule has 0 fully saturated rings. The van der Waals surface area contributed by atoms with Crippen LogP contribution in [0.15, 0.2) is 34.9 Å². The van der Waals surface area contributed by atoms with Crippen molar-refractivity contribution in [1.29, 1.82) is 5.26 Å². The fourth-order valence-electron chi connectivity index (χ4n) is 1.68. The quantitative estimate of drug-likeness (QED) is 0.878. The third-order valence-corrected chi connectivity index (χ3v) is 2.88. The molecule has 2 rings (SSSR count). The number of furan rings is 1. The summed E-state index contributed by atoms with van der Waals surface area (Å²) in [5, 5.41) is 21.4. The molecule has 1 unspecified atom stereocenters. The Labute approximate surface area is 115 Å². The molecule has 5 nitrogen and oxygen atoms in total. The van der Waals surface area contributed by atoms with Gasteiger partial charge in [-0.25, -0.2) is 4.98 Å². The van der Waals surface area contributed by atoms with Gasteiger partial charge in [0.15, 0.2) is 5.69 Å². The number of aliphatic hydroxyl groups excluding tert-OH is 1. The first-order valence-electron chi connectivity index (χ1n) is 5.72. The Morgan fingerprint density at radius 3 is 2.95 bits per heavy atom. The first-order valence-corrected chi connectivity index (χ1v) is 6.10. The molecule has 0 aliphatic rings. The Hall–Kier alpha value is -2.03. The zero-order valence-electron chi connectivity index (χ0n) is 10.0. The second kappa shape index (κ2) is 6.23. The lowest BCUT2D eigenvalue weighted by molar-refractivity contribution is 0.273. The summed E-state index contributed by atoms with van der Waals surface area (Å²) in [5.74, 6) is 1.21. The van der Waals surface area contributed by atoms with Crippen molar-refractivity contribution < 1.29 is 9.52 Å². The summed E-state index contributed by atoms with van der Waals surface area (Å²) in [6, 6.07) is 8.58. The van der Waals surface area contributed by atoms with Gasteiger partial charge in [-0.2, -0.15) is 5.26 Å². The predicted molar refractivity (Wildman–Crippen MR) is 70.7 cm³/mol. The molecule has 0 bridgehead atoms. The molecule has 6 heteroatoms. The van der Waals surface area contributed by atoms with E-state index in [1.807, 2.05) is 12.1 Å². The largest absolute Gasteiger partial charge is 0.467 e. The average molecular weight is 278 g/mol. The maximum absolute atomic E-state index is 9.08. The standard InChI is InChI=1S/C13H12ClN3O2/c14-9-3-4-13(17-11(9)8-15)16-10(5-6-18)12-2-1-7-19-12/h1-4,7,10,18H,5-6H2,(H,16,17). The van der Waals surface area contributed by atoms with Crippen molar-refractivity contribution in [3.8, 4) is 6.07 Å². The summed E-state index contributed by atoms with van der Waals surface area (Å²) in [6.07, 6.45) is 2.04. The smallest absolute Gasteiger partial charge is 0.161 e. The van der Waals surface area contributed by atoms with Crippen LogP contribution < -0.4 is 5.32 Å². The molecule has 19 heavy (non-hydrogen) atoms. The Morgan fingerprint density at radius 2 is 2.32 bits per heavy atom. The van der Waals surface area contributed by atoms with Crippen molar-refractivity contribution >= 4 is 17.4 Å². The number of halogens is 1. The van der Waals surface area contributed by atoms with Crippen LogP contribution in [0.1, 0.15) is 23.9 Å². The monoisotopic (exact) mass is 277 g/mol. The van der Waals surface area contributed by atoms with Crippen LogP contribution in [0.4, 0.5) is 5.82 Å². The molecule has 1 atom stereocenters. The molecular weight excluding hydrogens is 266 g/mol. The molecule has 2 aromatic heterocycles. The lowest BCUT2D eigenvalue weighted by Gasteiger charge is -2.16. The van der Waals surface area contributed by atoms with Crippen LogP contribution in [0, 0.1) is 11.3 Å². The van der Waals surface area contributed by atoms with E-state index in [0.717, 1.165) is 0 Å². The van der Waals surface area contributed by atoms with Crippen LogP contribution in [0.3, 0.4) is 0 Å². The maximum Gasteiger partial charge on any atom is 0.161 e. The molecule has 0 radical (unpaired) electrons. The number of nitrogens with one attached hydrogen (secondary N) is 1. The molecular formula is C13H12ClN3O2. The van der Waals surface area contributed by atoms with Crippen LogP contribution in [0.2, 0.25) is 5.02 Å². The molecule has 2 N–H and O–H groups in total. The lowest BCUT2D eigenvalue weighted by atomic mass is 10.1. The number of pyridine rings is 1. The van der Waals surface area contributed by atoms with Gasteiger partial charge in [-0.15, -0.1) is 0 Å². The van der Waals surface area contributed by atoms with Crippen LogP contribution in [0.25, 0.3) is 0 Å². The first-order chi connectivity index (χ1) is 9.24. The Bertz CT molecular complexity index is 578. The number of anilines is 1. The summed E-state index contributed by atoms with van der Waals surface area (Å²) in [5.41, 5.74) is 0.161. The highest BCUT2D eigenvalue weighted by Gasteiger charge is 2.15. The molecule has 0 saturated carbocycles. The van der Waals surface area contributed by atoms with E-state index >= 15 is 0 Å². The van der Waals surface area contributed by atoms with Crippen LogP contribution in [-0.2, 0) is 0 Å². The van der Waals surface area contributed by atoms with Gasteiger partial charge >= 0.3 is 0 Å². The van der Waals surface area contributed by atoms with E-state index in [2.05, 4.69) is 10.3 Å². The molecule has 0 aliphatic carbocycles. The van der Waals surface area contributed by atoms with Gasteiger partial charge in [-0.05, 0) is 30.7 Å². The third kappa shape index (κ3) is 3.25. The minimum atomic E-state index is -0.208. The van der Waals surface area contributed by atoms with Gasteiger partial charge in [0, 0.05) is 6.61 Å². The number of hydrogen-bond acceptors (Lipinski definition) is 5. The summed E-state index contributed by atoms with van der Waals surface area (Å²) in [6.45, 7) is 0.0110. The fraction of sp³-hybridized carbons (Fsp3) is 0.231. The van der Waals surface area contributed by atoms with Gasteiger partial charge in [-0.3, -0.25) is 0 Å². The van der Waals surface area contributed by atoms with Crippen molar-refractivity contribution in [1.82, 2.24) is 4.98 Å². The van der Waals surface area contributed by atoms with Crippen LogP contribution >= 0.6 is 11.6 Å². The minimum Gasteiger partial charge on any atom is -0.467 e. The number of nitriles is 1. The fourth-order valence-corrected chi connectivity index (χ4v) is 1.83. The third-order valence-electron chi connectivity index (χ3n) is 2.58. The van der Waals surface area contributed by atoms with E-state index in [1.165, 1.54) is 0 Å². The van der Waals surface area contributed by atoms with E-state index < -0.39 is 0 Å². The molecule has 0 amide bonds. The first kappa shape index (κ1) is 13.4. The van der Waals surface area contributed by atoms with Crippen molar-refractivity contribution in [3.63, 3.8) is 0 Å². The molecule has 0 aliphatic heterocycles. The summed E-state index contributed by atoms with van der Waals surface area (Å²) < 4.78 is 5.31. The Kier molecular flexibility index (Phi) is 4.39. The van der Waals surface area contributed by atoms with Gasteiger partial charge in [-0.1, -0.05) is 11.6 Å². The van der Waals surface area contributed by atoms with E-state index in [1.54, 1.807) is 24.5 Å². The number of aliphatic hydroxyl groups is 1. The maximum atomic E-state index is 9.08. The van der Waals surface area contributed by atoms with Gasteiger partial charge in [0.1, 0.15) is 17.6 Å². The molecule has 0 spiro atoms. The summed E-state index contributed by atoms with van der Waals surface area (Å²) in [4.78, 5) is 4.10. The number of rotatable bonds is 5. The second-order valence-electron chi connectivity index (χ2n) is 3.86. The highest BCUT2D eigenvalue weighted by molar-refractivity contribution is 6.31. The average Bonchev–Trinajstić information content (AvgIpc) is 2.94. The Balaban J connectivity index is 2.20. The summed E-state index contributed by atoms with van der Waals surface area (Å²) in [7, 11) is 0. The van der Waals surface area contributed by atoms with E-state index in [0.29, 0.717) is 23.0 Å². The molecule has 98 valence electrons. The zero-order valence-corrected chi connectivity index (χ0v) is 10.8. The number of hydrogen-bond donors (Lipinski definition) is 2. The summed E-state index contributed by atoms with van der Waals surface area (Å²) >= 11 is 5.82.